The molecule has 1 aliphatic heterocycles. The van der Waals surface area contributed by atoms with E-state index in [2.05, 4.69) is 50.9 Å². The minimum absolute atomic E-state index is 0.0926. The van der Waals surface area contributed by atoms with E-state index in [-0.39, 0.29) is 41.9 Å². The molecule has 0 spiro atoms. The van der Waals surface area contributed by atoms with Gasteiger partial charge in [-0.3, -0.25) is 10.1 Å². The van der Waals surface area contributed by atoms with Gasteiger partial charge in [-0.1, -0.05) is 24.4 Å². The Morgan fingerprint density at radius 2 is 1.94 bits per heavy atom. The van der Waals surface area contributed by atoms with Gasteiger partial charge < -0.3 is 25.1 Å². The van der Waals surface area contributed by atoms with Gasteiger partial charge in [0.05, 0.1) is 37.8 Å². The van der Waals surface area contributed by atoms with E-state index in [1.165, 1.54) is 47.6 Å². The topological polar surface area (TPSA) is 178 Å². The number of rotatable bonds is 6. The number of nitrogens with zero attached hydrogens (tertiary/aromatic N) is 5. The van der Waals surface area contributed by atoms with E-state index in [4.69, 9.17) is 11.6 Å². The van der Waals surface area contributed by atoms with Gasteiger partial charge in [-0.05, 0) is 65.7 Å². The largest absolute Gasteiger partial charge is 0.467 e. The molecule has 2 amide bonds. The Balaban J connectivity index is 1.49. The molecule has 0 aliphatic carbocycles. The molecule has 2 aromatic carbocycles. The summed E-state index contributed by atoms with van der Waals surface area (Å²) in [5, 5.41) is 19.2. The fraction of sp³-hybridized carbons (Fsp3) is 0.300. The van der Waals surface area contributed by atoms with Crippen LogP contribution >= 0.6 is 11.6 Å². The van der Waals surface area contributed by atoms with Crippen LogP contribution in [0.3, 0.4) is 0 Å². The van der Waals surface area contributed by atoms with E-state index in [1.54, 1.807) is 18.2 Å². The summed E-state index contributed by atoms with van der Waals surface area (Å²) in [6, 6.07) is 8.34. The number of H-pyrrole nitrogens is 1. The molecule has 1 unspecified atom stereocenters. The van der Waals surface area contributed by atoms with Crippen LogP contribution in [0.25, 0.3) is 23.0 Å². The number of ether oxygens (including phenoxy) is 2. The van der Waals surface area contributed by atoms with Crippen LogP contribution in [-0.2, 0) is 19.1 Å². The first-order valence-electron chi connectivity index (χ1n) is 14.4. The number of imidazole rings is 1. The molecule has 0 radical (unpaired) electrons. The number of nitrogens with one attached hydrogen (secondary N) is 4. The van der Waals surface area contributed by atoms with Crippen molar-refractivity contribution in [3.63, 3.8) is 0 Å². The van der Waals surface area contributed by atoms with Gasteiger partial charge in [0.2, 0.25) is 11.4 Å². The first kappa shape index (κ1) is 33.9. The first-order valence-corrected chi connectivity index (χ1v) is 14.8. The number of halogens is 4. The Bertz CT molecular complexity index is 1830. The number of methoxy groups -OCH3 is 2. The molecule has 4 aromatic rings. The smallest absolute Gasteiger partial charge is 0.422 e. The molecule has 0 saturated heterocycles. The number of tetrazole rings is 1. The highest BCUT2D eigenvalue weighted by molar-refractivity contribution is 6.30. The summed E-state index contributed by atoms with van der Waals surface area (Å²) in [4.78, 5) is 45.5. The van der Waals surface area contributed by atoms with Gasteiger partial charge in [0.1, 0.15) is 12.2 Å². The second kappa shape index (κ2) is 14.1. The highest BCUT2D eigenvalue weighted by Crippen LogP contribution is 2.42. The SMILES string of the molecule is COC(=O)Nc1ccc2c(c1)N[C@@](C(=O)OC)(C(F)(F)F)CCCCC(NC(=O)/C=C/c1cc(Cl)ccc1-n1cnnn1)c1ncc-2[nH]1. The van der Waals surface area contributed by atoms with Crippen LogP contribution in [0.15, 0.2) is 55.0 Å². The highest BCUT2D eigenvalue weighted by atomic mass is 35.5. The van der Waals surface area contributed by atoms with Crippen LogP contribution in [0.1, 0.15) is 43.1 Å². The lowest BCUT2D eigenvalue weighted by Gasteiger charge is -2.35. The van der Waals surface area contributed by atoms with Crippen molar-refractivity contribution in [2.24, 2.45) is 0 Å². The second-order valence-corrected chi connectivity index (χ2v) is 11.1. The lowest BCUT2D eigenvalue weighted by Crippen LogP contribution is -2.58. The second-order valence-electron chi connectivity index (χ2n) is 10.7. The molecule has 2 aromatic heterocycles. The molecule has 18 heteroatoms. The van der Waals surface area contributed by atoms with E-state index in [0.717, 1.165) is 14.2 Å². The number of anilines is 2. The fourth-order valence-corrected chi connectivity index (χ4v) is 5.45. The maximum absolute atomic E-state index is 14.8. The Morgan fingerprint density at radius 1 is 1.12 bits per heavy atom. The summed E-state index contributed by atoms with van der Waals surface area (Å²) < 4.78 is 55.2. The number of carbonyl (C=O) groups excluding carboxylic acids is 3. The number of hydrogen-bond acceptors (Lipinski definition) is 10. The molecular weight excluding hydrogens is 659 g/mol. The maximum Gasteiger partial charge on any atom is 0.422 e. The number of aromatic amines is 1. The van der Waals surface area contributed by atoms with Gasteiger partial charge in [0.25, 0.3) is 0 Å². The first-order chi connectivity index (χ1) is 22.9. The van der Waals surface area contributed by atoms with Gasteiger partial charge in [0.15, 0.2) is 0 Å². The van der Waals surface area contributed by atoms with Crippen LogP contribution in [0.4, 0.5) is 29.3 Å². The van der Waals surface area contributed by atoms with Crippen molar-refractivity contribution in [3.05, 3.63) is 71.4 Å². The molecule has 5 rings (SSSR count). The number of hydrogen-bond donors (Lipinski definition) is 4. The average Bonchev–Trinajstić information content (AvgIpc) is 3.77. The van der Waals surface area contributed by atoms with Gasteiger partial charge in [0, 0.05) is 33.6 Å². The standard InChI is InChI=1S/C30H29ClF3N9O5/c1-47-27(45)29(30(32,33)34)12-4-3-5-21(38-25(44)11-6-17-13-18(31)7-10-24(17)43-16-36-41-42-43)26-35-15-23(39-26)20-9-8-19(14-22(20)40-29)37-28(46)48-2/h6-11,13-16,21,40H,3-5,12H2,1-2H3,(H,35,39)(H,37,46)(H,38,44)/b11-6+/t21?,29-/m0/s1. The van der Waals surface area contributed by atoms with Crippen LogP contribution in [0, 0.1) is 0 Å². The zero-order valence-electron chi connectivity index (χ0n) is 25.5. The molecule has 2 atom stereocenters. The number of fused-ring (bicyclic) bond motifs is 4. The van der Waals surface area contributed by atoms with E-state index in [9.17, 15) is 27.6 Å². The van der Waals surface area contributed by atoms with Gasteiger partial charge in [-0.2, -0.15) is 17.9 Å². The summed E-state index contributed by atoms with van der Waals surface area (Å²) in [6.07, 6.45) is -0.790. The third-order valence-electron chi connectivity index (χ3n) is 7.64. The zero-order valence-corrected chi connectivity index (χ0v) is 26.2. The van der Waals surface area contributed by atoms with E-state index in [0.29, 0.717) is 22.1 Å². The minimum atomic E-state index is -5.09. The van der Waals surface area contributed by atoms with Crippen molar-refractivity contribution in [2.45, 2.75) is 43.4 Å². The van der Waals surface area contributed by atoms with Gasteiger partial charge in [-0.15, -0.1) is 5.10 Å². The molecule has 1 aliphatic rings. The predicted octanol–water partition coefficient (Wildman–Crippen LogP) is 5.21. The average molecular weight is 688 g/mol. The molecule has 0 fully saturated rings. The van der Waals surface area contributed by atoms with Crippen molar-refractivity contribution >= 4 is 47.0 Å². The fourth-order valence-electron chi connectivity index (χ4n) is 5.27. The highest BCUT2D eigenvalue weighted by Gasteiger charge is 2.61. The van der Waals surface area contributed by atoms with E-state index >= 15 is 0 Å². The Hall–Kier alpha value is -5.45. The summed E-state index contributed by atoms with van der Waals surface area (Å²) in [7, 11) is 2.01. The van der Waals surface area contributed by atoms with Crippen LogP contribution in [0.5, 0.6) is 0 Å². The van der Waals surface area contributed by atoms with E-state index < -0.39 is 42.1 Å². The van der Waals surface area contributed by atoms with Crippen LogP contribution < -0.4 is 16.0 Å². The molecule has 0 saturated carbocycles. The third kappa shape index (κ3) is 7.25. The molecule has 2 bridgehead atoms. The molecule has 48 heavy (non-hydrogen) atoms. The number of amides is 2. The number of esters is 1. The molecule has 14 nitrogen and oxygen atoms in total. The Kier molecular flexibility index (Phi) is 9.98. The molecule has 252 valence electrons. The summed E-state index contributed by atoms with van der Waals surface area (Å²) in [6.45, 7) is 0. The van der Waals surface area contributed by atoms with Crippen molar-refractivity contribution in [3.8, 4) is 16.9 Å². The number of benzene rings is 2. The third-order valence-corrected chi connectivity index (χ3v) is 7.88. The summed E-state index contributed by atoms with van der Waals surface area (Å²) in [5.74, 6) is -1.71. The molecule has 3 heterocycles. The normalized spacial score (nSPS) is 18.1. The Morgan fingerprint density at radius 3 is 2.65 bits per heavy atom. The van der Waals surface area contributed by atoms with Crippen molar-refractivity contribution in [1.29, 1.82) is 0 Å². The van der Waals surface area contributed by atoms with Gasteiger partial charge in [-0.25, -0.2) is 14.6 Å². The maximum atomic E-state index is 14.8. The number of alkyl halides is 3. The molecular formula is C30H29ClF3N9O5. The lowest BCUT2D eigenvalue weighted by atomic mass is 9.89. The molecule has 4 N–H and O–H groups in total. The van der Waals surface area contributed by atoms with Crippen LogP contribution in [0.2, 0.25) is 5.02 Å². The van der Waals surface area contributed by atoms with Gasteiger partial charge >= 0.3 is 18.2 Å². The predicted molar refractivity (Wildman–Crippen MR) is 167 cm³/mol. The summed E-state index contributed by atoms with van der Waals surface area (Å²) in [5.41, 5.74) is -1.61. The van der Waals surface area contributed by atoms with Crippen molar-refractivity contribution in [1.82, 2.24) is 35.5 Å². The lowest BCUT2D eigenvalue weighted by molar-refractivity contribution is -0.200. The van der Waals surface area contributed by atoms with Crippen LogP contribution in [-0.4, -0.2) is 74.1 Å². The monoisotopic (exact) mass is 687 g/mol. The zero-order chi connectivity index (χ0) is 34.5. The minimum Gasteiger partial charge on any atom is -0.467 e. The van der Waals surface area contributed by atoms with Crippen molar-refractivity contribution < 1.29 is 37.0 Å². The number of aromatic nitrogens is 6. The number of carbonyl (C=O) groups is 3. The quantitative estimate of drug-likeness (QED) is 0.155. The Labute approximate surface area is 276 Å². The summed E-state index contributed by atoms with van der Waals surface area (Å²) >= 11 is 6.18. The van der Waals surface area contributed by atoms with Crippen molar-refractivity contribution in [2.75, 3.05) is 24.9 Å². The van der Waals surface area contributed by atoms with E-state index in [1.807, 2.05) is 0 Å².